The molecular formula is C49H45O2+. The van der Waals surface area contributed by atoms with Crippen molar-refractivity contribution in [2.24, 2.45) is 17.8 Å². The van der Waals surface area contributed by atoms with Gasteiger partial charge >= 0.3 is 11.5 Å². The van der Waals surface area contributed by atoms with Gasteiger partial charge in [-0.2, -0.15) is 0 Å². The highest BCUT2D eigenvalue weighted by atomic mass is 16.5. The second-order valence-corrected chi connectivity index (χ2v) is 14.5. The van der Waals surface area contributed by atoms with E-state index in [0.29, 0.717) is 11.8 Å². The van der Waals surface area contributed by atoms with E-state index in [1.54, 1.807) is 0 Å². The largest absolute Gasteiger partial charge is 0.485 e. The minimum Gasteiger partial charge on any atom is -0.485 e. The third-order valence-electron chi connectivity index (χ3n) is 10.5. The molecule has 252 valence electrons. The molecule has 0 amide bonds. The number of rotatable bonds is 7. The molecule has 1 aromatic heterocycles. The van der Waals surface area contributed by atoms with Crippen LogP contribution in [0.25, 0.3) is 39.4 Å². The van der Waals surface area contributed by atoms with Gasteiger partial charge in [0.25, 0.3) is 0 Å². The fourth-order valence-electron chi connectivity index (χ4n) is 8.16. The molecule has 0 N–H and O–H groups in total. The number of fused-ring (bicyclic) bond motifs is 2. The van der Waals surface area contributed by atoms with Crippen LogP contribution in [0.2, 0.25) is 0 Å². The van der Waals surface area contributed by atoms with E-state index in [9.17, 15) is 0 Å². The molecule has 2 heterocycles. The summed E-state index contributed by atoms with van der Waals surface area (Å²) in [4.78, 5) is 0. The average Bonchev–Trinajstić information content (AvgIpc) is 3.18. The smallest absolute Gasteiger partial charge is 0.361 e. The molecule has 2 nitrogen and oxygen atoms in total. The first kappa shape index (κ1) is 32.7. The highest BCUT2D eigenvalue weighted by Crippen LogP contribution is 2.46. The van der Waals surface area contributed by atoms with Crippen molar-refractivity contribution in [1.29, 1.82) is 0 Å². The van der Waals surface area contributed by atoms with Crippen LogP contribution in [0.15, 0.2) is 174 Å². The molecule has 51 heavy (non-hydrogen) atoms. The SMILES string of the molecule is CC1CC(=CC=CC=CC2CC(C)CC3=C(c4ccccc4)C=C(c4ccccc4)OC32)c2[o+]c(-c3ccccc3)cc(-c3ccccc3)c2C1. The lowest BCUT2D eigenvalue weighted by atomic mass is 9.73. The zero-order valence-corrected chi connectivity index (χ0v) is 29.5. The van der Waals surface area contributed by atoms with Crippen molar-refractivity contribution in [3.05, 3.63) is 192 Å². The first-order chi connectivity index (χ1) is 25.1. The Bertz CT molecular complexity index is 2140. The van der Waals surface area contributed by atoms with Crippen molar-refractivity contribution in [1.82, 2.24) is 0 Å². The summed E-state index contributed by atoms with van der Waals surface area (Å²) in [7, 11) is 0. The number of hydrogen-bond acceptors (Lipinski definition) is 1. The van der Waals surface area contributed by atoms with Crippen LogP contribution < -0.4 is 0 Å². The van der Waals surface area contributed by atoms with Gasteiger partial charge in [0, 0.05) is 17.0 Å². The van der Waals surface area contributed by atoms with Crippen molar-refractivity contribution in [2.45, 2.75) is 45.6 Å². The lowest BCUT2D eigenvalue weighted by Gasteiger charge is -2.40. The molecule has 3 aliphatic rings. The van der Waals surface area contributed by atoms with E-state index in [1.807, 2.05) is 0 Å². The summed E-state index contributed by atoms with van der Waals surface area (Å²) >= 11 is 0. The normalized spacial score (nSPS) is 22.5. The van der Waals surface area contributed by atoms with E-state index in [4.69, 9.17) is 9.15 Å². The fraction of sp³-hybridized carbons (Fsp3) is 0.204. The average molecular weight is 666 g/mol. The molecule has 1 saturated carbocycles. The molecule has 4 atom stereocenters. The van der Waals surface area contributed by atoms with Gasteiger partial charge in [0.05, 0.1) is 22.8 Å². The summed E-state index contributed by atoms with van der Waals surface area (Å²) in [5.74, 6) is 4.25. The first-order valence-electron chi connectivity index (χ1n) is 18.5. The maximum atomic E-state index is 6.89. The lowest BCUT2D eigenvalue weighted by molar-refractivity contribution is 0.116. The van der Waals surface area contributed by atoms with Gasteiger partial charge in [-0.05, 0) is 84.1 Å². The Labute approximate surface area is 302 Å². The Morgan fingerprint density at radius 3 is 1.94 bits per heavy atom. The molecule has 4 aromatic carbocycles. The molecule has 1 fully saturated rings. The zero-order valence-electron chi connectivity index (χ0n) is 29.5. The van der Waals surface area contributed by atoms with E-state index in [2.05, 4.69) is 178 Å². The van der Waals surface area contributed by atoms with Crippen molar-refractivity contribution in [3.63, 3.8) is 0 Å². The Morgan fingerprint density at radius 1 is 0.627 bits per heavy atom. The van der Waals surface area contributed by atoms with Crippen LogP contribution in [0.4, 0.5) is 0 Å². The van der Waals surface area contributed by atoms with Crippen LogP contribution in [0.1, 0.15) is 55.6 Å². The van der Waals surface area contributed by atoms with Crippen LogP contribution in [0.3, 0.4) is 0 Å². The second-order valence-electron chi connectivity index (χ2n) is 14.5. The maximum absolute atomic E-state index is 6.89. The summed E-state index contributed by atoms with van der Waals surface area (Å²) < 4.78 is 13.7. The van der Waals surface area contributed by atoms with E-state index < -0.39 is 0 Å². The number of allylic oxidation sites excluding steroid dienone is 7. The topological polar surface area (TPSA) is 20.5 Å². The minimum atomic E-state index is 0.0114. The molecule has 2 heteroatoms. The molecule has 0 bridgehead atoms. The fourth-order valence-corrected chi connectivity index (χ4v) is 8.16. The predicted octanol–water partition coefficient (Wildman–Crippen LogP) is 12.9. The number of hydrogen-bond donors (Lipinski definition) is 0. The number of ether oxygens (including phenoxy) is 1. The van der Waals surface area contributed by atoms with E-state index >= 15 is 0 Å². The molecule has 2 aliphatic carbocycles. The Morgan fingerprint density at radius 2 is 1.25 bits per heavy atom. The van der Waals surface area contributed by atoms with E-state index in [0.717, 1.165) is 54.1 Å². The van der Waals surface area contributed by atoms with Crippen molar-refractivity contribution in [3.8, 4) is 22.5 Å². The van der Waals surface area contributed by atoms with Crippen LogP contribution in [-0.4, -0.2) is 6.10 Å². The van der Waals surface area contributed by atoms with Crippen LogP contribution >= 0.6 is 0 Å². The molecule has 0 radical (unpaired) electrons. The van der Waals surface area contributed by atoms with Crippen molar-refractivity contribution >= 4 is 16.9 Å². The molecule has 5 aromatic rings. The van der Waals surface area contributed by atoms with Gasteiger partial charge in [-0.25, -0.2) is 4.42 Å². The van der Waals surface area contributed by atoms with Gasteiger partial charge in [-0.15, -0.1) is 0 Å². The standard InChI is InChI=1S/C49H45O2/c1-34-28-40(48-44(30-34)42(36-18-8-3-9-19-36)32-46(50-48)38-22-12-5-13-23-38)26-16-7-17-27-41-29-35(2)31-45-43(37-20-10-4-11-21-37)33-47(51-49(41)45)39-24-14-6-15-25-39/h3-27,32-35,40,48H,28-31H2,1-2H3/q+1. The molecular weight excluding hydrogens is 621 g/mol. The van der Waals surface area contributed by atoms with Crippen LogP contribution in [0, 0.1) is 17.8 Å². The Balaban J connectivity index is 1.11. The van der Waals surface area contributed by atoms with Gasteiger partial charge in [-0.3, -0.25) is 0 Å². The molecule has 4 unspecified atom stereocenters. The van der Waals surface area contributed by atoms with Gasteiger partial charge in [0.2, 0.25) is 0 Å². The molecule has 0 saturated heterocycles. The molecule has 1 aliphatic heterocycles. The first-order valence-corrected chi connectivity index (χ1v) is 18.5. The maximum Gasteiger partial charge on any atom is 0.361 e. The highest BCUT2D eigenvalue weighted by molar-refractivity contribution is 5.86. The van der Waals surface area contributed by atoms with Crippen molar-refractivity contribution in [2.75, 3.05) is 0 Å². The Kier molecular flexibility index (Phi) is 9.49. The third kappa shape index (κ3) is 7.10. The Hall–Kier alpha value is -5.47. The number of benzene rings is 4. The van der Waals surface area contributed by atoms with Gasteiger partial charge in [-0.1, -0.05) is 147 Å². The van der Waals surface area contributed by atoms with E-state index in [-0.39, 0.29) is 12.0 Å². The van der Waals surface area contributed by atoms with Crippen LogP contribution in [-0.2, 0) is 11.2 Å². The summed E-state index contributed by atoms with van der Waals surface area (Å²) in [6, 6.07) is 44.8. The summed E-state index contributed by atoms with van der Waals surface area (Å²) in [6.45, 7) is 4.73. The highest BCUT2D eigenvalue weighted by Gasteiger charge is 2.37. The van der Waals surface area contributed by atoms with E-state index in [1.165, 1.54) is 39.0 Å². The minimum absolute atomic E-state index is 0.0114. The lowest BCUT2D eigenvalue weighted by Crippen LogP contribution is -2.34. The summed E-state index contributed by atoms with van der Waals surface area (Å²) in [6.07, 6.45) is 17.6. The molecule has 0 spiro atoms. The van der Waals surface area contributed by atoms with Gasteiger partial charge in [0.1, 0.15) is 11.9 Å². The summed E-state index contributed by atoms with van der Waals surface area (Å²) in [5.41, 5.74) is 11.2. The zero-order chi connectivity index (χ0) is 34.6. The van der Waals surface area contributed by atoms with Crippen LogP contribution in [0.5, 0.6) is 0 Å². The third-order valence-corrected chi connectivity index (χ3v) is 10.5. The monoisotopic (exact) mass is 665 g/mol. The van der Waals surface area contributed by atoms with Gasteiger partial charge < -0.3 is 4.74 Å². The molecule has 8 rings (SSSR count). The van der Waals surface area contributed by atoms with Crippen molar-refractivity contribution < 1.29 is 9.15 Å². The summed E-state index contributed by atoms with van der Waals surface area (Å²) in [5, 5.41) is 0. The second kappa shape index (κ2) is 14.8. The van der Waals surface area contributed by atoms with Gasteiger partial charge in [0.15, 0.2) is 0 Å². The predicted molar refractivity (Wildman–Crippen MR) is 212 cm³/mol. The quantitative estimate of drug-likeness (QED) is 0.127.